The van der Waals surface area contributed by atoms with Crippen LogP contribution >= 0.6 is 0 Å². The van der Waals surface area contributed by atoms with E-state index in [1.165, 1.54) is 0 Å². The zero-order chi connectivity index (χ0) is 14.8. The first kappa shape index (κ1) is 13.6. The summed E-state index contributed by atoms with van der Waals surface area (Å²) in [5, 5.41) is 4.35. The van der Waals surface area contributed by atoms with Crippen LogP contribution in [-0.2, 0) is 4.74 Å². The van der Waals surface area contributed by atoms with Crippen LogP contribution in [-0.4, -0.2) is 46.4 Å². The van der Waals surface area contributed by atoms with E-state index < -0.39 is 0 Å². The van der Waals surface area contributed by atoms with E-state index in [4.69, 9.17) is 10.5 Å². The number of morpholine rings is 1. The Hall–Kier alpha value is -2.34. The highest BCUT2D eigenvalue weighted by Crippen LogP contribution is 2.16. The minimum absolute atomic E-state index is 0.0644. The molecule has 110 valence electrons. The lowest BCUT2D eigenvalue weighted by Crippen LogP contribution is -2.44. The van der Waals surface area contributed by atoms with E-state index in [0.29, 0.717) is 31.1 Å². The van der Waals surface area contributed by atoms with Crippen LogP contribution in [0.5, 0.6) is 0 Å². The van der Waals surface area contributed by atoms with Crippen LogP contribution in [0.1, 0.15) is 17.4 Å². The summed E-state index contributed by atoms with van der Waals surface area (Å²) in [4.78, 5) is 14.2. The van der Waals surface area contributed by atoms with Gasteiger partial charge in [0.25, 0.3) is 5.91 Å². The van der Waals surface area contributed by atoms with Crippen molar-refractivity contribution in [1.82, 2.24) is 14.7 Å². The summed E-state index contributed by atoms with van der Waals surface area (Å²) in [5.74, 6) is -0.0709. The lowest BCUT2D eigenvalue weighted by Gasteiger charge is -2.30. The van der Waals surface area contributed by atoms with Crippen LogP contribution in [0.3, 0.4) is 0 Å². The first-order valence-electron chi connectivity index (χ1n) is 6.96. The second-order valence-electron chi connectivity index (χ2n) is 5.14. The van der Waals surface area contributed by atoms with E-state index in [9.17, 15) is 4.79 Å². The molecule has 3 rings (SSSR count). The smallest absolute Gasteiger partial charge is 0.274 e. The molecule has 0 aliphatic carbocycles. The summed E-state index contributed by atoms with van der Waals surface area (Å²) >= 11 is 0. The molecule has 1 fully saturated rings. The number of nitrogen functional groups attached to an aromatic ring is 1. The van der Waals surface area contributed by atoms with Crippen molar-refractivity contribution >= 4 is 11.6 Å². The number of benzene rings is 1. The maximum Gasteiger partial charge on any atom is 0.274 e. The Morgan fingerprint density at radius 2 is 2.19 bits per heavy atom. The SMILES string of the molecule is CC1CN(C(=O)c2ccn(-c3ccccc3N)n2)CCO1. The van der Waals surface area contributed by atoms with Crippen LogP contribution < -0.4 is 5.73 Å². The predicted molar refractivity (Wildman–Crippen MR) is 79.3 cm³/mol. The van der Waals surface area contributed by atoms with Crippen molar-refractivity contribution in [2.75, 3.05) is 25.4 Å². The van der Waals surface area contributed by atoms with E-state index in [1.54, 1.807) is 21.8 Å². The van der Waals surface area contributed by atoms with Gasteiger partial charge >= 0.3 is 0 Å². The second kappa shape index (κ2) is 5.57. The third-order valence-electron chi connectivity index (χ3n) is 3.52. The van der Waals surface area contributed by atoms with Gasteiger partial charge in [0.2, 0.25) is 0 Å². The number of para-hydroxylation sites is 2. The van der Waals surface area contributed by atoms with Gasteiger partial charge in [-0.2, -0.15) is 5.10 Å². The number of aromatic nitrogens is 2. The second-order valence-corrected chi connectivity index (χ2v) is 5.14. The fourth-order valence-electron chi connectivity index (χ4n) is 2.43. The molecule has 1 aliphatic heterocycles. The van der Waals surface area contributed by atoms with Crippen molar-refractivity contribution in [3.63, 3.8) is 0 Å². The third-order valence-corrected chi connectivity index (χ3v) is 3.52. The summed E-state index contributed by atoms with van der Waals surface area (Å²) < 4.78 is 7.08. The highest BCUT2D eigenvalue weighted by molar-refractivity contribution is 5.92. The zero-order valence-corrected chi connectivity index (χ0v) is 11.9. The largest absolute Gasteiger partial charge is 0.397 e. The van der Waals surface area contributed by atoms with Crippen molar-refractivity contribution in [3.8, 4) is 5.69 Å². The van der Waals surface area contributed by atoms with Crippen LogP contribution in [0.15, 0.2) is 36.5 Å². The first-order chi connectivity index (χ1) is 10.1. The quantitative estimate of drug-likeness (QED) is 0.845. The van der Waals surface area contributed by atoms with Crippen LogP contribution in [0.4, 0.5) is 5.69 Å². The molecule has 0 saturated carbocycles. The minimum Gasteiger partial charge on any atom is -0.397 e. The molecule has 2 N–H and O–H groups in total. The van der Waals surface area contributed by atoms with E-state index >= 15 is 0 Å². The number of ether oxygens (including phenoxy) is 1. The van der Waals surface area contributed by atoms with Crippen molar-refractivity contribution in [2.45, 2.75) is 13.0 Å². The summed E-state index contributed by atoms with van der Waals surface area (Å²) in [5.41, 5.74) is 7.74. The molecule has 1 aromatic carbocycles. The van der Waals surface area contributed by atoms with E-state index in [0.717, 1.165) is 5.69 Å². The first-order valence-corrected chi connectivity index (χ1v) is 6.96. The Bertz CT molecular complexity index is 653. The average Bonchev–Trinajstić information content (AvgIpc) is 2.96. The van der Waals surface area contributed by atoms with E-state index in [1.807, 2.05) is 31.2 Å². The van der Waals surface area contributed by atoms with Gasteiger partial charge in [-0.25, -0.2) is 4.68 Å². The molecule has 1 aromatic heterocycles. The van der Waals surface area contributed by atoms with Crippen LogP contribution in [0.25, 0.3) is 5.69 Å². The number of rotatable bonds is 2. The lowest BCUT2D eigenvalue weighted by atomic mass is 10.2. The average molecular weight is 286 g/mol. The predicted octanol–water partition coefficient (Wildman–Crippen LogP) is 1.32. The Morgan fingerprint density at radius 1 is 1.38 bits per heavy atom. The molecule has 1 saturated heterocycles. The monoisotopic (exact) mass is 286 g/mol. The number of nitrogens with zero attached hydrogens (tertiary/aromatic N) is 3. The Balaban J connectivity index is 1.82. The fraction of sp³-hybridized carbons (Fsp3) is 0.333. The van der Waals surface area contributed by atoms with Gasteiger partial charge in [0, 0.05) is 19.3 Å². The number of hydrogen-bond acceptors (Lipinski definition) is 4. The van der Waals surface area contributed by atoms with Crippen molar-refractivity contribution < 1.29 is 9.53 Å². The molecule has 2 heterocycles. The van der Waals surface area contributed by atoms with Crippen molar-refractivity contribution in [3.05, 3.63) is 42.2 Å². The van der Waals surface area contributed by atoms with E-state index in [2.05, 4.69) is 5.10 Å². The number of nitrogens with two attached hydrogens (primary N) is 1. The summed E-state index contributed by atoms with van der Waals surface area (Å²) in [6.07, 6.45) is 1.82. The van der Waals surface area contributed by atoms with Gasteiger partial charge in [-0.3, -0.25) is 4.79 Å². The van der Waals surface area contributed by atoms with Crippen molar-refractivity contribution in [2.24, 2.45) is 0 Å². The van der Waals surface area contributed by atoms with Gasteiger partial charge in [0.1, 0.15) is 0 Å². The highest BCUT2D eigenvalue weighted by atomic mass is 16.5. The molecule has 0 radical (unpaired) electrons. The Morgan fingerprint density at radius 3 is 2.95 bits per heavy atom. The summed E-state index contributed by atoms with van der Waals surface area (Å²) in [7, 11) is 0. The molecule has 1 atom stereocenters. The maximum absolute atomic E-state index is 12.4. The molecule has 0 bridgehead atoms. The van der Waals surface area contributed by atoms with Gasteiger partial charge in [0.15, 0.2) is 5.69 Å². The van der Waals surface area contributed by atoms with Crippen molar-refractivity contribution in [1.29, 1.82) is 0 Å². The minimum atomic E-state index is -0.0709. The van der Waals surface area contributed by atoms with Gasteiger partial charge in [0.05, 0.1) is 24.1 Å². The summed E-state index contributed by atoms with van der Waals surface area (Å²) in [6, 6.07) is 9.15. The fourth-order valence-corrected chi connectivity index (χ4v) is 2.43. The summed E-state index contributed by atoms with van der Waals surface area (Å²) in [6.45, 7) is 3.73. The Labute approximate surface area is 123 Å². The number of anilines is 1. The number of carbonyl (C=O) groups excluding carboxylic acids is 1. The molecule has 6 nitrogen and oxygen atoms in total. The van der Waals surface area contributed by atoms with Crippen LogP contribution in [0, 0.1) is 0 Å². The number of amides is 1. The molecule has 1 amide bonds. The van der Waals surface area contributed by atoms with Gasteiger partial charge in [-0.05, 0) is 25.1 Å². The topological polar surface area (TPSA) is 73.4 Å². The van der Waals surface area contributed by atoms with Gasteiger partial charge < -0.3 is 15.4 Å². The molecular weight excluding hydrogens is 268 g/mol. The molecular formula is C15H18N4O2. The molecule has 1 aliphatic rings. The van der Waals surface area contributed by atoms with Gasteiger partial charge in [-0.15, -0.1) is 0 Å². The standard InChI is InChI=1S/C15H18N4O2/c1-11-10-18(8-9-21-11)15(20)13-6-7-19(17-13)14-5-3-2-4-12(14)16/h2-7,11H,8-10,16H2,1H3. The van der Waals surface area contributed by atoms with Crippen LogP contribution in [0.2, 0.25) is 0 Å². The number of hydrogen-bond donors (Lipinski definition) is 1. The molecule has 0 spiro atoms. The number of carbonyl (C=O) groups is 1. The van der Waals surface area contributed by atoms with Gasteiger partial charge in [-0.1, -0.05) is 12.1 Å². The Kier molecular flexibility index (Phi) is 3.62. The zero-order valence-electron chi connectivity index (χ0n) is 11.9. The third kappa shape index (κ3) is 2.75. The normalized spacial score (nSPS) is 18.7. The molecule has 2 aromatic rings. The van der Waals surface area contributed by atoms with E-state index in [-0.39, 0.29) is 12.0 Å². The highest BCUT2D eigenvalue weighted by Gasteiger charge is 2.24. The molecule has 21 heavy (non-hydrogen) atoms. The lowest BCUT2D eigenvalue weighted by molar-refractivity contribution is -0.0126. The molecule has 6 heteroatoms. The molecule has 1 unspecified atom stereocenters. The maximum atomic E-state index is 12.4.